The maximum Gasteiger partial charge on any atom is 0.389 e. The number of halogens is 3. The van der Waals surface area contributed by atoms with E-state index < -0.39 is 12.6 Å². The van der Waals surface area contributed by atoms with Gasteiger partial charge in [-0.1, -0.05) is 13.8 Å². The molecule has 1 rings (SSSR count). The summed E-state index contributed by atoms with van der Waals surface area (Å²) in [6.07, 6.45) is 0.810. The molecule has 0 aliphatic rings. The Balaban J connectivity index is 2.46. The second-order valence-corrected chi connectivity index (χ2v) is 4.67. The summed E-state index contributed by atoms with van der Waals surface area (Å²) >= 11 is 0. The topological polar surface area (TPSA) is 29.9 Å². The maximum atomic E-state index is 12.0. The summed E-state index contributed by atoms with van der Waals surface area (Å²) in [5.74, 6) is 0. The van der Waals surface area contributed by atoms with Crippen LogP contribution in [0.1, 0.15) is 51.1 Å². The summed E-state index contributed by atoms with van der Waals surface area (Å²) in [6, 6.07) is 0.233. The minimum atomic E-state index is -4.08. The fraction of sp³-hybridized carbons (Fsp3) is 0.769. The summed E-state index contributed by atoms with van der Waals surface area (Å²) < 4.78 is 37.7. The van der Waals surface area contributed by atoms with E-state index in [-0.39, 0.29) is 12.5 Å². The molecule has 1 unspecified atom stereocenters. The Kier molecular flexibility index (Phi) is 6.34. The van der Waals surface area contributed by atoms with Crippen LogP contribution >= 0.6 is 0 Å². The summed E-state index contributed by atoms with van der Waals surface area (Å²) in [5, 5.41) is 7.52. The van der Waals surface area contributed by atoms with Crippen LogP contribution in [0.25, 0.3) is 0 Å². The SMILES string of the molecule is CCCNC(CC)c1cnn(CCCC(F)(F)F)c1. The van der Waals surface area contributed by atoms with E-state index >= 15 is 0 Å². The molecule has 0 aliphatic heterocycles. The molecule has 1 aromatic rings. The first-order chi connectivity index (χ1) is 8.96. The molecule has 3 nitrogen and oxygen atoms in total. The Morgan fingerprint density at radius 2 is 2.11 bits per heavy atom. The fourth-order valence-corrected chi connectivity index (χ4v) is 1.94. The van der Waals surface area contributed by atoms with Crippen molar-refractivity contribution in [3.8, 4) is 0 Å². The molecule has 19 heavy (non-hydrogen) atoms. The van der Waals surface area contributed by atoms with Crippen LogP contribution < -0.4 is 5.32 Å². The van der Waals surface area contributed by atoms with E-state index in [9.17, 15) is 13.2 Å². The maximum absolute atomic E-state index is 12.0. The van der Waals surface area contributed by atoms with Crippen LogP contribution in [0.4, 0.5) is 13.2 Å². The highest BCUT2D eigenvalue weighted by atomic mass is 19.4. The molecule has 0 radical (unpaired) electrons. The zero-order chi connectivity index (χ0) is 14.3. The molecular formula is C13H22F3N3. The van der Waals surface area contributed by atoms with Crippen molar-refractivity contribution in [2.45, 2.75) is 58.3 Å². The fourth-order valence-electron chi connectivity index (χ4n) is 1.94. The van der Waals surface area contributed by atoms with Crippen molar-refractivity contribution in [2.24, 2.45) is 0 Å². The zero-order valence-corrected chi connectivity index (χ0v) is 11.5. The molecule has 0 saturated carbocycles. The highest BCUT2D eigenvalue weighted by Gasteiger charge is 2.26. The second-order valence-electron chi connectivity index (χ2n) is 4.67. The number of rotatable bonds is 8. The minimum Gasteiger partial charge on any atom is -0.310 e. The third kappa shape index (κ3) is 6.09. The van der Waals surface area contributed by atoms with Gasteiger partial charge in [-0.25, -0.2) is 0 Å². The van der Waals surface area contributed by atoms with Crippen LogP contribution in [-0.4, -0.2) is 22.5 Å². The molecule has 0 fully saturated rings. The number of alkyl halides is 3. The van der Waals surface area contributed by atoms with Crippen LogP contribution in [0.15, 0.2) is 12.4 Å². The number of aryl methyl sites for hydroxylation is 1. The Bertz CT molecular complexity index is 360. The molecule has 0 amide bonds. The molecule has 1 heterocycles. The van der Waals surface area contributed by atoms with Crippen LogP contribution in [0.5, 0.6) is 0 Å². The third-order valence-electron chi connectivity index (χ3n) is 2.95. The Hall–Kier alpha value is -1.04. The number of nitrogens with zero attached hydrogens (tertiary/aromatic N) is 2. The summed E-state index contributed by atoms with van der Waals surface area (Å²) in [6.45, 7) is 5.41. The van der Waals surface area contributed by atoms with Gasteiger partial charge in [-0.3, -0.25) is 4.68 Å². The molecular weight excluding hydrogens is 255 g/mol. The van der Waals surface area contributed by atoms with Gasteiger partial charge in [-0.2, -0.15) is 18.3 Å². The van der Waals surface area contributed by atoms with Crippen LogP contribution in [0, 0.1) is 0 Å². The van der Waals surface area contributed by atoms with Crippen molar-refractivity contribution in [3.63, 3.8) is 0 Å². The van der Waals surface area contributed by atoms with Crippen LogP contribution in [-0.2, 0) is 6.54 Å². The van der Waals surface area contributed by atoms with Crippen molar-refractivity contribution >= 4 is 0 Å². The molecule has 1 N–H and O–H groups in total. The normalized spacial score (nSPS) is 13.7. The Labute approximate surface area is 112 Å². The average molecular weight is 277 g/mol. The first kappa shape index (κ1) is 16.0. The molecule has 1 aromatic heterocycles. The van der Waals surface area contributed by atoms with E-state index in [1.807, 2.05) is 6.20 Å². The van der Waals surface area contributed by atoms with Gasteiger partial charge in [0.15, 0.2) is 0 Å². The molecule has 6 heteroatoms. The zero-order valence-electron chi connectivity index (χ0n) is 11.5. The summed E-state index contributed by atoms with van der Waals surface area (Å²) in [4.78, 5) is 0. The quantitative estimate of drug-likeness (QED) is 0.785. The molecule has 0 spiro atoms. The van der Waals surface area contributed by atoms with Gasteiger partial charge in [0.25, 0.3) is 0 Å². The van der Waals surface area contributed by atoms with Gasteiger partial charge in [0.2, 0.25) is 0 Å². The van der Waals surface area contributed by atoms with Crippen molar-refractivity contribution < 1.29 is 13.2 Å². The third-order valence-corrected chi connectivity index (χ3v) is 2.95. The van der Waals surface area contributed by atoms with Gasteiger partial charge in [0, 0.05) is 30.8 Å². The van der Waals surface area contributed by atoms with E-state index in [0.717, 1.165) is 24.9 Å². The van der Waals surface area contributed by atoms with Crippen molar-refractivity contribution in [3.05, 3.63) is 18.0 Å². The predicted octanol–water partition coefficient (Wildman–Crippen LogP) is 3.68. The molecule has 0 saturated heterocycles. The smallest absolute Gasteiger partial charge is 0.310 e. The van der Waals surface area contributed by atoms with E-state index in [1.54, 1.807) is 10.9 Å². The van der Waals surface area contributed by atoms with Gasteiger partial charge >= 0.3 is 6.18 Å². The largest absolute Gasteiger partial charge is 0.389 e. The number of hydrogen-bond donors (Lipinski definition) is 1. The standard InChI is InChI=1S/C13H22F3N3/c1-3-7-17-12(4-2)11-9-18-19(10-11)8-5-6-13(14,15)16/h9-10,12,17H,3-8H2,1-2H3. The lowest BCUT2D eigenvalue weighted by molar-refractivity contribution is -0.136. The highest BCUT2D eigenvalue weighted by Crippen LogP contribution is 2.22. The van der Waals surface area contributed by atoms with Crippen LogP contribution in [0.2, 0.25) is 0 Å². The van der Waals surface area contributed by atoms with E-state index in [0.29, 0.717) is 6.54 Å². The van der Waals surface area contributed by atoms with E-state index in [2.05, 4.69) is 24.3 Å². The second kappa shape index (κ2) is 7.53. The van der Waals surface area contributed by atoms with Crippen molar-refractivity contribution in [1.82, 2.24) is 15.1 Å². The average Bonchev–Trinajstić information content (AvgIpc) is 2.77. The predicted molar refractivity (Wildman–Crippen MR) is 68.8 cm³/mol. The van der Waals surface area contributed by atoms with Gasteiger partial charge in [0.1, 0.15) is 0 Å². The molecule has 0 aliphatic carbocycles. The minimum absolute atomic E-state index is 0.0732. The van der Waals surface area contributed by atoms with Crippen molar-refractivity contribution in [1.29, 1.82) is 0 Å². The number of aromatic nitrogens is 2. The molecule has 0 aromatic carbocycles. The first-order valence-electron chi connectivity index (χ1n) is 6.78. The van der Waals surface area contributed by atoms with Gasteiger partial charge in [0.05, 0.1) is 6.20 Å². The lowest BCUT2D eigenvalue weighted by Crippen LogP contribution is -2.21. The van der Waals surface area contributed by atoms with E-state index in [4.69, 9.17) is 0 Å². The molecule has 110 valence electrons. The van der Waals surface area contributed by atoms with Crippen molar-refractivity contribution in [2.75, 3.05) is 6.54 Å². The van der Waals surface area contributed by atoms with E-state index in [1.165, 1.54) is 0 Å². The van der Waals surface area contributed by atoms with Gasteiger partial charge < -0.3 is 5.32 Å². The summed E-state index contributed by atoms with van der Waals surface area (Å²) in [7, 11) is 0. The summed E-state index contributed by atoms with van der Waals surface area (Å²) in [5.41, 5.74) is 1.04. The Morgan fingerprint density at radius 3 is 2.68 bits per heavy atom. The van der Waals surface area contributed by atoms with Gasteiger partial charge in [-0.15, -0.1) is 0 Å². The number of hydrogen-bond acceptors (Lipinski definition) is 2. The van der Waals surface area contributed by atoms with Gasteiger partial charge in [-0.05, 0) is 25.8 Å². The lowest BCUT2D eigenvalue weighted by atomic mass is 10.1. The Morgan fingerprint density at radius 1 is 1.37 bits per heavy atom. The number of nitrogens with one attached hydrogen (secondary N) is 1. The lowest BCUT2D eigenvalue weighted by Gasteiger charge is -2.14. The highest BCUT2D eigenvalue weighted by molar-refractivity contribution is 5.10. The first-order valence-corrected chi connectivity index (χ1v) is 6.78. The monoisotopic (exact) mass is 277 g/mol. The van der Waals surface area contributed by atoms with Crippen LogP contribution in [0.3, 0.4) is 0 Å². The molecule has 1 atom stereocenters. The molecule has 0 bridgehead atoms.